The van der Waals surface area contributed by atoms with E-state index in [0.717, 1.165) is 39.6 Å². The summed E-state index contributed by atoms with van der Waals surface area (Å²) in [5, 5.41) is 0. The third kappa shape index (κ3) is 2.83. The van der Waals surface area contributed by atoms with Crippen molar-refractivity contribution < 1.29 is 9.47 Å². The summed E-state index contributed by atoms with van der Waals surface area (Å²) in [7, 11) is 0. The van der Waals surface area contributed by atoms with Crippen molar-refractivity contribution in [1.82, 2.24) is 0 Å². The summed E-state index contributed by atoms with van der Waals surface area (Å²) < 4.78 is 13.1. The van der Waals surface area contributed by atoms with Crippen molar-refractivity contribution in [3.8, 4) is 45.3 Å². The first-order valence-corrected chi connectivity index (χ1v) is 11.6. The van der Waals surface area contributed by atoms with Crippen molar-refractivity contribution in [3.05, 3.63) is 115 Å². The Morgan fingerprint density at radius 2 is 1.26 bits per heavy atom. The van der Waals surface area contributed by atoms with E-state index in [1.807, 2.05) is 12.1 Å². The molecule has 0 atom stereocenters. The Morgan fingerprint density at radius 1 is 0.529 bits per heavy atom. The minimum Gasteiger partial charge on any atom is -0.458 e. The van der Waals surface area contributed by atoms with E-state index in [-0.39, 0.29) is 6.71 Å². The third-order valence-corrected chi connectivity index (χ3v) is 6.97. The van der Waals surface area contributed by atoms with Gasteiger partial charge in [-0.15, -0.1) is 0 Å². The average molecular weight is 436 g/mol. The Bertz CT molecular complexity index is 1570. The number of hydrogen-bond acceptors (Lipinski definition) is 2. The van der Waals surface area contributed by atoms with Gasteiger partial charge in [0.1, 0.15) is 23.0 Å². The van der Waals surface area contributed by atoms with Crippen molar-refractivity contribution in [2.24, 2.45) is 0 Å². The fraction of sp³-hybridized carbons (Fsp3) is 0.0323. The van der Waals surface area contributed by atoms with E-state index in [2.05, 4.69) is 104 Å². The smallest absolute Gasteiger partial charge is 0.260 e. The van der Waals surface area contributed by atoms with Gasteiger partial charge in [-0.2, -0.15) is 0 Å². The Labute approximate surface area is 199 Å². The molecule has 5 aromatic rings. The molecule has 0 amide bonds. The van der Waals surface area contributed by atoms with Gasteiger partial charge in [0.05, 0.1) is 0 Å². The van der Waals surface area contributed by atoms with Gasteiger partial charge in [0.15, 0.2) is 0 Å². The molecule has 2 aliphatic heterocycles. The maximum atomic E-state index is 6.58. The molecule has 2 nitrogen and oxygen atoms in total. The van der Waals surface area contributed by atoms with Gasteiger partial charge in [-0.1, -0.05) is 84.9 Å². The number of ether oxygens (including phenoxy) is 2. The van der Waals surface area contributed by atoms with Gasteiger partial charge < -0.3 is 9.47 Å². The van der Waals surface area contributed by atoms with Crippen LogP contribution in [0, 0.1) is 6.92 Å². The molecule has 0 N–H and O–H groups in total. The summed E-state index contributed by atoms with van der Waals surface area (Å²) in [6, 6.07) is 38.1. The normalized spacial score (nSPS) is 12.7. The number of fused-ring (bicyclic) bond motifs is 4. The lowest BCUT2D eigenvalue weighted by atomic mass is 9.34. The van der Waals surface area contributed by atoms with Gasteiger partial charge in [0.25, 0.3) is 6.71 Å². The first-order chi connectivity index (χ1) is 16.8. The minimum absolute atomic E-state index is 0.0475. The molecule has 0 spiro atoms. The minimum atomic E-state index is 0.0475. The first-order valence-electron chi connectivity index (χ1n) is 11.6. The summed E-state index contributed by atoms with van der Waals surface area (Å²) >= 11 is 0. The van der Waals surface area contributed by atoms with E-state index in [9.17, 15) is 0 Å². The van der Waals surface area contributed by atoms with E-state index in [1.54, 1.807) is 0 Å². The highest BCUT2D eigenvalue weighted by Crippen LogP contribution is 2.41. The topological polar surface area (TPSA) is 18.5 Å². The van der Waals surface area contributed by atoms with Gasteiger partial charge in [-0.25, -0.2) is 0 Å². The van der Waals surface area contributed by atoms with Gasteiger partial charge in [0.2, 0.25) is 0 Å². The van der Waals surface area contributed by atoms with Crippen LogP contribution in [0.3, 0.4) is 0 Å². The van der Waals surface area contributed by atoms with Crippen LogP contribution in [-0.2, 0) is 0 Å². The molecule has 5 aromatic carbocycles. The summed E-state index contributed by atoms with van der Waals surface area (Å²) in [5.41, 5.74) is 9.39. The largest absolute Gasteiger partial charge is 0.458 e. The highest BCUT2D eigenvalue weighted by Gasteiger charge is 2.41. The molecule has 0 saturated carbocycles. The van der Waals surface area contributed by atoms with E-state index >= 15 is 0 Å². The number of para-hydroxylation sites is 1. The third-order valence-electron chi connectivity index (χ3n) is 6.97. The van der Waals surface area contributed by atoms with Crippen LogP contribution in [0.4, 0.5) is 0 Å². The van der Waals surface area contributed by atoms with Crippen molar-refractivity contribution in [2.45, 2.75) is 6.92 Å². The number of rotatable bonds is 2. The molecule has 160 valence electrons. The second kappa shape index (κ2) is 7.39. The predicted octanol–water partition coefficient (Wildman–Crippen LogP) is 6.06. The van der Waals surface area contributed by atoms with Crippen LogP contribution < -0.4 is 25.9 Å². The highest BCUT2D eigenvalue weighted by molar-refractivity contribution is 6.98. The van der Waals surface area contributed by atoms with Crippen LogP contribution in [0.5, 0.6) is 23.0 Å². The second-order valence-corrected chi connectivity index (χ2v) is 8.96. The molecule has 0 saturated heterocycles. The second-order valence-electron chi connectivity index (χ2n) is 8.96. The maximum Gasteiger partial charge on any atom is 0.260 e. The van der Waals surface area contributed by atoms with Gasteiger partial charge >= 0.3 is 0 Å². The number of benzene rings is 5. The zero-order valence-electron chi connectivity index (χ0n) is 18.8. The summed E-state index contributed by atoms with van der Waals surface area (Å²) in [4.78, 5) is 0. The molecule has 3 heteroatoms. The van der Waals surface area contributed by atoms with Crippen LogP contribution in [0.1, 0.15) is 5.56 Å². The molecule has 0 aromatic heterocycles. The van der Waals surface area contributed by atoms with Crippen molar-refractivity contribution >= 4 is 23.1 Å². The van der Waals surface area contributed by atoms with Crippen LogP contribution in [0.15, 0.2) is 109 Å². The molecule has 0 aliphatic carbocycles. The fourth-order valence-corrected chi connectivity index (χ4v) is 5.35. The molecule has 0 bridgehead atoms. The SMILES string of the molecule is Cc1ccccc1-c1ccc2c(c1)B1c3ccccc3Oc3c(-c4ccccc4)ccc(c31)O2. The first kappa shape index (κ1) is 19.3. The molecule has 0 unspecified atom stereocenters. The van der Waals surface area contributed by atoms with E-state index in [4.69, 9.17) is 9.47 Å². The van der Waals surface area contributed by atoms with Crippen molar-refractivity contribution in [2.75, 3.05) is 0 Å². The fourth-order valence-electron chi connectivity index (χ4n) is 5.35. The van der Waals surface area contributed by atoms with Gasteiger partial charge in [-0.3, -0.25) is 0 Å². The van der Waals surface area contributed by atoms with Crippen LogP contribution in [0.25, 0.3) is 22.3 Å². The molecule has 2 aliphatic rings. The van der Waals surface area contributed by atoms with Crippen LogP contribution >= 0.6 is 0 Å². The molecule has 2 heterocycles. The van der Waals surface area contributed by atoms with E-state index in [1.165, 1.54) is 27.6 Å². The van der Waals surface area contributed by atoms with Crippen LogP contribution in [0.2, 0.25) is 0 Å². The lowest BCUT2D eigenvalue weighted by Crippen LogP contribution is -2.57. The average Bonchev–Trinajstić information content (AvgIpc) is 2.89. The number of aryl methyl sites for hydroxylation is 1. The summed E-state index contributed by atoms with van der Waals surface area (Å²) in [6.45, 7) is 2.21. The zero-order chi connectivity index (χ0) is 22.6. The quantitative estimate of drug-likeness (QED) is 0.307. The molecular weight excluding hydrogens is 415 g/mol. The van der Waals surface area contributed by atoms with Crippen molar-refractivity contribution in [1.29, 1.82) is 0 Å². The van der Waals surface area contributed by atoms with E-state index in [0.29, 0.717) is 0 Å². The molecule has 0 fully saturated rings. The number of hydrogen-bond donors (Lipinski definition) is 0. The van der Waals surface area contributed by atoms with Crippen molar-refractivity contribution in [3.63, 3.8) is 0 Å². The lowest BCUT2D eigenvalue weighted by Gasteiger charge is -2.34. The Balaban J connectivity index is 1.49. The molecule has 34 heavy (non-hydrogen) atoms. The van der Waals surface area contributed by atoms with Crippen LogP contribution in [-0.4, -0.2) is 6.71 Å². The maximum absolute atomic E-state index is 6.58. The van der Waals surface area contributed by atoms with Gasteiger partial charge in [0, 0.05) is 11.0 Å². The molecular formula is C31H21BO2. The van der Waals surface area contributed by atoms with E-state index < -0.39 is 0 Å². The predicted molar refractivity (Wildman–Crippen MR) is 140 cm³/mol. The Kier molecular flexibility index (Phi) is 4.19. The summed E-state index contributed by atoms with van der Waals surface area (Å²) in [6.07, 6.45) is 0. The standard InChI is InChI=1S/C31H21BO2/c1-20-9-5-6-12-23(20)22-15-17-28-26(19-22)32-25-13-7-8-14-27(25)34-31-24(21-10-3-2-4-11-21)16-18-29(33-28)30(31)32/h2-19H,1H3. The Hall–Kier alpha value is -4.24. The molecule has 0 radical (unpaired) electrons. The zero-order valence-corrected chi connectivity index (χ0v) is 18.8. The highest BCUT2D eigenvalue weighted by atomic mass is 16.5. The monoisotopic (exact) mass is 436 g/mol. The summed E-state index contributed by atoms with van der Waals surface area (Å²) in [5.74, 6) is 3.57. The lowest BCUT2D eigenvalue weighted by molar-refractivity contribution is 0.465. The van der Waals surface area contributed by atoms with Gasteiger partial charge in [-0.05, 0) is 64.4 Å². The Morgan fingerprint density at radius 3 is 2.15 bits per heavy atom. The molecule has 7 rings (SSSR count).